The molecular formula is C15H16N6OS. The lowest BCUT2D eigenvalue weighted by Crippen LogP contribution is -2.28. The Morgan fingerprint density at radius 2 is 2.22 bits per heavy atom. The smallest absolute Gasteiger partial charge is 0.272 e. The van der Waals surface area contributed by atoms with E-state index in [0.717, 1.165) is 16.3 Å². The molecule has 0 radical (unpaired) electrons. The van der Waals surface area contributed by atoms with Gasteiger partial charge in [-0.15, -0.1) is 11.3 Å². The molecule has 1 unspecified atom stereocenters. The highest BCUT2D eigenvalue weighted by Gasteiger charge is 2.18. The number of amides is 1. The molecule has 3 aromatic heterocycles. The lowest BCUT2D eigenvalue weighted by atomic mass is 10.2. The number of nitrogens with two attached hydrogens (primary N) is 1. The second-order valence-electron chi connectivity index (χ2n) is 4.94. The maximum Gasteiger partial charge on any atom is 0.272 e. The zero-order valence-electron chi connectivity index (χ0n) is 12.5. The minimum absolute atomic E-state index is 0.217. The van der Waals surface area contributed by atoms with Crippen molar-refractivity contribution in [2.45, 2.75) is 19.5 Å². The zero-order valence-corrected chi connectivity index (χ0v) is 13.3. The highest BCUT2D eigenvalue weighted by molar-refractivity contribution is 7.10. The molecule has 1 atom stereocenters. The van der Waals surface area contributed by atoms with Crippen molar-refractivity contribution in [3.8, 4) is 11.3 Å². The summed E-state index contributed by atoms with van der Waals surface area (Å²) in [4.78, 5) is 27.7. The fourth-order valence-electron chi connectivity index (χ4n) is 2.14. The lowest BCUT2D eigenvalue weighted by Gasteiger charge is -2.10. The predicted molar refractivity (Wildman–Crippen MR) is 87.7 cm³/mol. The van der Waals surface area contributed by atoms with E-state index in [1.807, 2.05) is 24.4 Å². The molecule has 0 spiro atoms. The first-order valence-corrected chi connectivity index (χ1v) is 7.96. The molecular weight excluding hydrogens is 312 g/mol. The number of rotatable bonds is 5. The van der Waals surface area contributed by atoms with Crippen molar-refractivity contribution in [1.29, 1.82) is 0 Å². The third-order valence-electron chi connectivity index (χ3n) is 3.35. The summed E-state index contributed by atoms with van der Waals surface area (Å²) in [5.74, 6) is -0.264. The van der Waals surface area contributed by atoms with Crippen molar-refractivity contribution in [3.05, 3.63) is 52.6 Å². The van der Waals surface area contributed by atoms with Crippen LogP contribution in [0.5, 0.6) is 0 Å². The van der Waals surface area contributed by atoms with Crippen LogP contribution in [0.1, 0.15) is 34.2 Å². The number of hydrogen-bond acceptors (Lipinski definition) is 6. The Morgan fingerprint density at radius 3 is 2.96 bits per heavy atom. The molecule has 23 heavy (non-hydrogen) atoms. The van der Waals surface area contributed by atoms with Gasteiger partial charge in [0.1, 0.15) is 10.7 Å². The first-order valence-electron chi connectivity index (χ1n) is 7.08. The second-order valence-corrected chi connectivity index (χ2v) is 5.83. The highest BCUT2D eigenvalue weighted by atomic mass is 32.1. The first-order chi connectivity index (χ1) is 11.2. The number of aromatic amines is 1. The minimum atomic E-state index is -0.264. The van der Waals surface area contributed by atoms with Gasteiger partial charge in [-0.25, -0.2) is 9.97 Å². The molecule has 0 saturated carbocycles. The van der Waals surface area contributed by atoms with E-state index in [1.165, 1.54) is 17.7 Å². The van der Waals surface area contributed by atoms with Gasteiger partial charge in [0.05, 0.1) is 23.8 Å². The van der Waals surface area contributed by atoms with Gasteiger partial charge in [-0.3, -0.25) is 9.78 Å². The van der Waals surface area contributed by atoms with Crippen LogP contribution in [0, 0.1) is 0 Å². The molecule has 4 N–H and O–H groups in total. The average Bonchev–Trinajstić information content (AvgIpc) is 3.24. The predicted octanol–water partition coefficient (Wildman–Crippen LogP) is 1.88. The van der Waals surface area contributed by atoms with E-state index in [9.17, 15) is 4.79 Å². The SMILES string of the molecule is CC(NC(=O)c1nc[nH]c1CN)c1nc(-c2ccncc2)cs1. The Morgan fingerprint density at radius 1 is 1.43 bits per heavy atom. The van der Waals surface area contributed by atoms with Gasteiger partial charge in [0, 0.05) is 29.9 Å². The van der Waals surface area contributed by atoms with Gasteiger partial charge < -0.3 is 16.0 Å². The van der Waals surface area contributed by atoms with Crippen LogP contribution in [-0.2, 0) is 6.54 Å². The molecule has 8 heteroatoms. The maximum absolute atomic E-state index is 12.3. The standard InChI is InChI=1S/C15H16N6OS/c1-9(20-14(22)13-11(6-16)18-8-19-13)15-21-12(7-23-15)10-2-4-17-5-3-10/h2-5,7-9H,6,16H2,1H3,(H,18,19)(H,20,22). The number of thiazole rings is 1. The van der Waals surface area contributed by atoms with E-state index < -0.39 is 0 Å². The van der Waals surface area contributed by atoms with Gasteiger partial charge in [-0.2, -0.15) is 0 Å². The van der Waals surface area contributed by atoms with Crippen molar-refractivity contribution in [3.63, 3.8) is 0 Å². The van der Waals surface area contributed by atoms with Gasteiger partial charge in [0.2, 0.25) is 0 Å². The fraction of sp³-hybridized carbons (Fsp3) is 0.200. The Kier molecular flexibility index (Phi) is 4.45. The number of pyridine rings is 1. The molecule has 0 saturated heterocycles. The molecule has 0 aliphatic carbocycles. The Balaban J connectivity index is 1.73. The van der Waals surface area contributed by atoms with Gasteiger partial charge in [-0.05, 0) is 19.1 Å². The third kappa shape index (κ3) is 3.27. The van der Waals surface area contributed by atoms with E-state index >= 15 is 0 Å². The van der Waals surface area contributed by atoms with Crippen LogP contribution < -0.4 is 11.1 Å². The summed E-state index contributed by atoms with van der Waals surface area (Å²) in [5.41, 5.74) is 8.39. The largest absolute Gasteiger partial charge is 0.347 e. The van der Waals surface area contributed by atoms with Crippen LogP contribution in [0.4, 0.5) is 0 Å². The Labute approximate surface area is 137 Å². The van der Waals surface area contributed by atoms with E-state index in [-0.39, 0.29) is 18.5 Å². The number of aromatic nitrogens is 4. The quantitative estimate of drug-likeness (QED) is 0.662. The van der Waals surface area contributed by atoms with Gasteiger partial charge >= 0.3 is 0 Å². The summed E-state index contributed by atoms with van der Waals surface area (Å²) < 4.78 is 0. The molecule has 3 rings (SSSR count). The Hall–Kier alpha value is -2.58. The summed E-state index contributed by atoms with van der Waals surface area (Å²) >= 11 is 1.50. The van der Waals surface area contributed by atoms with E-state index in [2.05, 4.69) is 25.3 Å². The zero-order chi connectivity index (χ0) is 16.2. The summed E-state index contributed by atoms with van der Waals surface area (Å²) in [7, 11) is 0. The molecule has 0 aliphatic rings. The lowest BCUT2D eigenvalue weighted by molar-refractivity contribution is 0.0934. The minimum Gasteiger partial charge on any atom is -0.347 e. The number of hydrogen-bond donors (Lipinski definition) is 3. The van der Waals surface area contributed by atoms with Gasteiger partial charge in [0.15, 0.2) is 0 Å². The normalized spacial score (nSPS) is 12.1. The van der Waals surface area contributed by atoms with Crippen molar-refractivity contribution in [2.24, 2.45) is 5.73 Å². The molecule has 1 amide bonds. The van der Waals surface area contributed by atoms with Crippen molar-refractivity contribution >= 4 is 17.2 Å². The fourth-order valence-corrected chi connectivity index (χ4v) is 2.98. The van der Waals surface area contributed by atoms with Crippen molar-refractivity contribution in [2.75, 3.05) is 0 Å². The second kappa shape index (κ2) is 6.67. The van der Waals surface area contributed by atoms with E-state index in [1.54, 1.807) is 12.4 Å². The van der Waals surface area contributed by atoms with Gasteiger partial charge in [-0.1, -0.05) is 0 Å². The average molecular weight is 328 g/mol. The van der Waals surface area contributed by atoms with Gasteiger partial charge in [0.25, 0.3) is 5.91 Å². The summed E-state index contributed by atoms with van der Waals surface area (Å²) in [5, 5.41) is 5.69. The van der Waals surface area contributed by atoms with Crippen molar-refractivity contribution in [1.82, 2.24) is 25.3 Å². The van der Waals surface area contributed by atoms with Crippen LogP contribution in [-0.4, -0.2) is 25.8 Å². The molecule has 0 fully saturated rings. The van der Waals surface area contributed by atoms with Crippen LogP contribution in [0.15, 0.2) is 36.2 Å². The maximum atomic E-state index is 12.3. The molecule has 0 aromatic carbocycles. The molecule has 118 valence electrons. The summed E-state index contributed by atoms with van der Waals surface area (Å²) in [6.07, 6.45) is 4.92. The third-order valence-corrected chi connectivity index (χ3v) is 4.38. The topological polar surface area (TPSA) is 110 Å². The number of carbonyl (C=O) groups excluding carboxylic acids is 1. The van der Waals surface area contributed by atoms with Crippen LogP contribution >= 0.6 is 11.3 Å². The van der Waals surface area contributed by atoms with Crippen LogP contribution in [0.2, 0.25) is 0 Å². The molecule has 0 aliphatic heterocycles. The van der Waals surface area contributed by atoms with E-state index in [0.29, 0.717) is 11.4 Å². The first kappa shape index (κ1) is 15.3. The molecule has 3 heterocycles. The summed E-state index contributed by atoms with van der Waals surface area (Å²) in [6.45, 7) is 2.13. The monoisotopic (exact) mass is 328 g/mol. The van der Waals surface area contributed by atoms with E-state index in [4.69, 9.17) is 5.73 Å². The number of imidazole rings is 1. The van der Waals surface area contributed by atoms with Crippen LogP contribution in [0.25, 0.3) is 11.3 Å². The molecule has 0 bridgehead atoms. The number of nitrogens with zero attached hydrogens (tertiary/aromatic N) is 3. The van der Waals surface area contributed by atoms with Crippen LogP contribution in [0.3, 0.4) is 0 Å². The van der Waals surface area contributed by atoms with Crippen molar-refractivity contribution < 1.29 is 4.79 Å². The number of carbonyl (C=O) groups is 1. The molecule has 3 aromatic rings. The Bertz CT molecular complexity index is 797. The molecule has 7 nitrogen and oxygen atoms in total. The summed E-state index contributed by atoms with van der Waals surface area (Å²) in [6, 6.07) is 3.59. The number of H-pyrrole nitrogens is 1. The number of nitrogens with one attached hydrogen (secondary N) is 2. The highest BCUT2D eigenvalue weighted by Crippen LogP contribution is 2.25.